The molecule has 0 saturated carbocycles. The Balaban J connectivity index is 3.02. The van der Waals surface area contributed by atoms with Gasteiger partial charge in [-0.25, -0.2) is 26.3 Å². The van der Waals surface area contributed by atoms with Crippen molar-refractivity contribution in [3.05, 3.63) is 41.7 Å². The second kappa shape index (κ2) is 5.98. The highest BCUT2D eigenvalue weighted by Crippen LogP contribution is 2.19. The minimum absolute atomic E-state index is 0.171. The van der Waals surface area contributed by atoms with Crippen molar-refractivity contribution < 1.29 is 21.6 Å². The molecule has 0 atom stereocenters. The van der Waals surface area contributed by atoms with Gasteiger partial charge in [-0.15, -0.1) is 0 Å². The third-order valence-electron chi connectivity index (χ3n) is 1.93. The number of sulfonamides is 1. The van der Waals surface area contributed by atoms with Crippen molar-refractivity contribution in [3.8, 4) is 0 Å². The highest BCUT2D eigenvalue weighted by atomic mass is 32.2. The molecule has 0 spiro atoms. The maximum Gasteiger partial charge on any atom is 0.246 e. The lowest BCUT2D eigenvalue weighted by Gasteiger charge is -2.07. The topological polar surface area (TPSA) is 72.2 Å². The van der Waals surface area contributed by atoms with Crippen LogP contribution in [0, 0.1) is 17.5 Å². The first-order chi connectivity index (χ1) is 8.38. The molecule has 18 heavy (non-hydrogen) atoms. The summed E-state index contributed by atoms with van der Waals surface area (Å²) >= 11 is 0. The fraction of sp³-hybridized carbons (Fsp3) is 0.200. The molecule has 0 amide bonds. The van der Waals surface area contributed by atoms with Crippen molar-refractivity contribution in [1.29, 1.82) is 0 Å². The van der Waals surface area contributed by atoms with Gasteiger partial charge in [-0.1, -0.05) is 12.2 Å². The molecule has 0 fully saturated rings. The van der Waals surface area contributed by atoms with Gasteiger partial charge in [0.25, 0.3) is 0 Å². The van der Waals surface area contributed by atoms with E-state index >= 15 is 0 Å². The second-order valence-corrected chi connectivity index (χ2v) is 4.96. The molecule has 4 nitrogen and oxygen atoms in total. The Bertz CT molecular complexity index is 535. The Morgan fingerprint density at radius 2 is 1.72 bits per heavy atom. The van der Waals surface area contributed by atoms with Crippen LogP contribution < -0.4 is 10.5 Å². The predicted molar refractivity (Wildman–Crippen MR) is 59.7 cm³/mol. The van der Waals surface area contributed by atoms with Gasteiger partial charge in [0.05, 0.1) is 0 Å². The summed E-state index contributed by atoms with van der Waals surface area (Å²) in [4.78, 5) is -1.20. The molecule has 0 heterocycles. The van der Waals surface area contributed by atoms with Crippen LogP contribution in [0.25, 0.3) is 0 Å². The van der Waals surface area contributed by atoms with Crippen molar-refractivity contribution in [2.75, 3.05) is 13.1 Å². The van der Waals surface area contributed by atoms with E-state index in [2.05, 4.69) is 0 Å². The third kappa shape index (κ3) is 3.56. The Kier molecular flexibility index (Phi) is 4.88. The lowest BCUT2D eigenvalue weighted by Crippen LogP contribution is -2.26. The molecule has 1 aromatic carbocycles. The summed E-state index contributed by atoms with van der Waals surface area (Å²) in [6.45, 7) is 0.0385. The maximum absolute atomic E-state index is 13.2. The number of hydrogen-bond acceptors (Lipinski definition) is 3. The Hall–Kier alpha value is -1.38. The summed E-state index contributed by atoms with van der Waals surface area (Å²) in [6, 6.07) is 0.598. The summed E-state index contributed by atoms with van der Waals surface area (Å²) < 4.78 is 64.2. The summed E-state index contributed by atoms with van der Waals surface area (Å²) in [5.74, 6) is -4.16. The van der Waals surface area contributed by atoms with E-state index in [0.29, 0.717) is 12.1 Å². The standard InChI is InChI=1S/C10H11F3N2O2S/c11-7-5-8(12)10(9(13)6-7)18(16,17)15-4-2-1-3-14/h1-2,5-6,15H,3-4,14H2/b2-1+. The lowest BCUT2D eigenvalue weighted by atomic mass is 10.3. The van der Waals surface area contributed by atoms with Crippen LogP contribution >= 0.6 is 0 Å². The van der Waals surface area contributed by atoms with Crippen LogP contribution in [0.2, 0.25) is 0 Å². The number of nitrogens with one attached hydrogen (secondary N) is 1. The van der Waals surface area contributed by atoms with Crippen LogP contribution in [0.3, 0.4) is 0 Å². The van der Waals surface area contributed by atoms with Crippen LogP contribution in [0.1, 0.15) is 0 Å². The van der Waals surface area contributed by atoms with Gasteiger partial charge in [-0.2, -0.15) is 0 Å². The SMILES string of the molecule is NC/C=C/CNS(=O)(=O)c1c(F)cc(F)cc1F. The summed E-state index contributed by atoms with van der Waals surface area (Å²) in [6.07, 6.45) is 2.86. The molecule has 0 unspecified atom stereocenters. The molecule has 8 heteroatoms. The number of hydrogen-bond donors (Lipinski definition) is 2. The Labute approximate surface area is 102 Å². The number of rotatable bonds is 5. The number of halogens is 3. The largest absolute Gasteiger partial charge is 0.327 e. The van der Waals surface area contributed by atoms with Crippen molar-refractivity contribution in [2.45, 2.75) is 4.90 Å². The molecule has 1 aromatic rings. The van der Waals surface area contributed by atoms with E-state index in [1.54, 1.807) is 0 Å². The van der Waals surface area contributed by atoms with Gasteiger partial charge in [0.15, 0.2) is 4.90 Å². The van der Waals surface area contributed by atoms with Crippen molar-refractivity contribution in [2.24, 2.45) is 5.73 Å². The minimum Gasteiger partial charge on any atom is -0.327 e. The van der Waals surface area contributed by atoms with Gasteiger partial charge in [-0.3, -0.25) is 0 Å². The molecule has 3 N–H and O–H groups in total. The molecule has 0 bridgehead atoms. The molecule has 0 saturated heterocycles. The van der Waals surface area contributed by atoms with E-state index in [0.717, 1.165) is 0 Å². The number of benzene rings is 1. The van der Waals surface area contributed by atoms with Gasteiger partial charge in [0.2, 0.25) is 10.0 Å². The molecule has 0 aliphatic heterocycles. The van der Waals surface area contributed by atoms with Crippen LogP contribution in [0.15, 0.2) is 29.2 Å². The van der Waals surface area contributed by atoms with Crippen molar-refractivity contribution >= 4 is 10.0 Å². The average Bonchev–Trinajstić information content (AvgIpc) is 2.22. The van der Waals surface area contributed by atoms with E-state index in [9.17, 15) is 21.6 Å². The van der Waals surface area contributed by atoms with Crippen molar-refractivity contribution in [1.82, 2.24) is 4.72 Å². The van der Waals surface area contributed by atoms with Gasteiger partial charge in [0.1, 0.15) is 17.5 Å². The summed E-state index contributed by atoms with van der Waals surface area (Å²) in [5, 5.41) is 0. The summed E-state index contributed by atoms with van der Waals surface area (Å²) in [5.41, 5.74) is 5.13. The molecular formula is C10H11F3N2O2S. The molecule has 1 rings (SSSR count). The summed E-state index contributed by atoms with van der Waals surface area (Å²) in [7, 11) is -4.38. The first-order valence-electron chi connectivity index (χ1n) is 4.87. The lowest BCUT2D eigenvalue weighted by molar-refractivity contribution is 0.494. The maximum atomic E-state index is 13.2. The average molecular weight is 280 g/mol. The smallest absolute Gasteiger partial charge is 0.246 e. The zero-order valence-electron chi connectivity index (χ0n) is 9.16. The first kappa shape index (κ1) is 14.7. The predicted octanol–water partition coefficient (Wildman–Crippen LogP) is 0.897. The third-order valence-corrected chi connectivity index (χ3v) is 3.40. The highest BCUT2D eigenvalue weighted by Gasteiger charge is 2.24. The zero-order valence-corrected chi connectivity index (χ0v) is 9.98. The van der Waals surface area contributed by atoms with Gasteiger partial charge in [0, 0.05) is 25.2 Å². The van der Waals surface area contributed by atoms with Gasteiger partial charge in [-0.05, 0) is 0 Å². The van der Waals surface area contributed by atoms with Gasteiger partial charge < -0.3 is 5.73 Å². The van der Waals surface area contributed by atoms with Crippen LogP contribution in [0.5, 0.6) is 0 Å². The first-order valence-corrected chi connectivity index (χ1v) is 6.36. The molecule has 100 valence electrons. The van der Waals surface area contributed by atoms with Crippen LogP contribution in [-0.2, 0) is 10.0 Å². The molecule has 0 aliphatic rings. The quantitative estimate of drug-likeness (QED) is 0.787. The molecule has 0 aliphatic carbocycles. The van der Waals surface area contributed by atoms with E-state index in [4.69, 9.17) is 5.73 Å². The van der Waals surface area contributed by atoms with E-state index in [1.807, 2.05) is 4.72 Å². The van der Waals surface area contributed by atoms with Gasteiger partial charge >= 0.3 is 0 Å². The van der Waals surface area contributed by atoms with E-state index in [-0.39, 0.29) is 13.1 Å². The fourth-order valence-corrected chi connectivity index (χ4v) is 2.29. The van der Waals surface area contributed by atoms with E-state index in [1.165, 1.54) is 12.2 Å². The fourth-order valence-electron chi connectivity index (χ4n) is 1.20. The minimum atomic E-state index is -4.38. The second-order valence-electron chi connectivity index (χ2n) is 3.26. The Morgan fingerprint density at radius 1 is 1.17 bits per heavy atom. The van der Waals surface area contributed by atoms with E-state index < -0.39 is 32.4 Å². The van der Waals surface area contributed by atoms with Crippen LogP contribution in [-0.4, -0.2) is 21.5 Å². The monoisotopic (exact) mass is 280 g/mol. The zero-order chi connectivity index (χ0) is 13.8. The molecule has 0 aromatic heterocycles. The van der Waals surface area contributed by atoms with Crippen molar-refractivity contribution in [3.63, 3.8) is 0 Å². The normalized spacial score (nSPS) is 12.2. The highest BCUT2D eigenvalue weighted by molar-refractivity contribution is 7.89. The van der Waals surface area contributed by atoms with Crippen LogP contribution in [0.4, 0.5) is 13.2 Å². The molecule has 0 radical (unpaired) electrons. The number of nitrogens with two attached hydrogens (primary N) is 1. The molecular weight excluding hydrogens is 269 g/mol. The Morgan fingerprint density at radius 3 is 2.22 bits per heavy atom.